The van der Waals surface area contributed by atoms with Gasteiger partial charge in [0.15, 0.2) is 11.7 Å². The van der Waals surface area contributed by atoms with Crippen LogP contribution in [0.15, 0.2) is 27.6 Å². The molecule has 3 atom stereocenters. The zero-order valence-electron chi connectivity index (χ0n) is 16.7. The highest BCUT2D eigenvalue weighted by Gasteiger charge is 2.40. The minimum Gasteiger partial charge on any atom is -0.463 e. The molecule has 0 aliphatic carbocycles. The number of benzene rings is 1. The number of halogens is 5. The Labute approximate surface area is 169 Å². The number of hydrogen-bond acceptors (Lipinski definition) is 6. The van der Waals surface area contributed by atoms with Gasteiger partial charge in [0.25, 0.3) is 0 Å². The summed E-state index contributed by atoms with van der Waals surface area (Å²) in [5.41, 5.74) is -1.13. The molecular formula is C19H21F5N4O2. The Kier molecular flexibility index (Phi) is 5.91. The number of aliphatic imine (C=N–C) groups is 1. The summed E-state index contributed by atoms with van der Waals surface area (Å²) in [4.78, 5) is 7.83. The number of aryl methyl sites for hydroxylation is 1. The second-order valence-corrected chi connectivity index (χ2v) is 7.17. The molecular weight excluding hydrogens is 411 g/mol. The van der Waals surface area contributed by atoms with Crippen molar-refractivity contribution in [1.82, 2.24) is 4.98 Å². The van der Waals surface area contributed by atoms with Crippen molar-refractivity contribution in [3.8, 4) is 0 Å². The average molecular weight is 432 g/mol. The predicted molar refractivity (Wildman–Crippen MR) is 100 cm³/mol. The lowest BCUT2D eigenvalue weighted by Gasteiger charge is -2.27. The van der Waals surface area contributed by atoms with Gasteiger partial charge in [0.05, 0.1) is 24.4 Å². The molecule has 1 aliphatic heterocycles. The fourth-order valence-electron chi connectivity index (χ4n) is 2.92. The van der Waals surface area contributed by atoms with E-state index in [1.54, 1.807) is 6.92 Å². The summed E-state index contributed by atoms with van der Waals surface area (Å²) >= 11 is 0. The molecule has 1 aromatic carbocycles. The molecule has 0 saturated heterocycles. The van der Waals surface area contributed by atoms with Crippen molar-refractivity contribution < 1.29 is 31.2 Å². The van der Waals surface area contributed by atoms with Gasteiger partial charge in [0.1, 0.15) is 11.4 Å². The maximum Gasteiger partial charge on any atom is 0.451 e. The Morgan fingerprint density at radius 3 is 2.60 bits per heavy atom. The van der Waals surface area contributed by atoms with Crippen molar-refractivity contribution in [2.24, 2.45) is 10.9 Å². The number of nitrogens with one attached hydrogen (secondary N) is 1. The third-order valence-corrected chi connectivity index (χ3v) is 4.77. The predicted octanol–water partition coefficient (Wildman–Crippen LogP) is 5.42. The van der Waals surface area contributed by atoms with E-state index in [1.807, 2.05) is 6.92 Å². The standard InChI is InChI=1S/C19H21F5N4O2/c1-9-8-29-18(26-10(9)2)28(24)14-7-5-6-13(15(14)20)25-11(3)16-17(19(21,22)23)30-12(4)27-16/h5-7,9-11,25H,8H2,1-4H3/t9-,10+,11?/m0/s1. The molecule has 2 aromatic rings. The van der Waals surface area contributed by atoms with Crippen molar-refractivity contribution in [3.63, 3.8) is 0 Å². The number of anilines is 2. The molecule has 6 nitrogen and oxygen atoms in total. The fourth-order valence-corrected chi connectivity index (χ4v) is 2.92. The van der Waals surface area contributed by atoms with E-state index in [-0.39, 0.29) is 41.3 Å². The van der Waals surface area contributed by atoms with E-state index in [9.17, 15) is 22.0 Å². The number of hydrogen-bond donors (Lipinski definition) is 1. The first-order valence-electron chi connectivity index (χ1n) is 9.25. The van der Waals surface area contributed by atoms with E-state index >= 15 is 0 Å². The molecule has 1 aliphatic rings. The molecule has 0 fully saturated rings. The minimum absolute atomic E-state index is 0.0189. The monoisotopic (exact) mass is 432 g/mol. The zero-order chi connectivity index (χ0) is 22.2. The number of oxazole rings is 1. The van der Waals surface area contributed by atoms with Crippen LogP contribution in [0.4, 0.5) is 33.4 Å². The number of nitrogens with zero attached hydrogens (tertiary/aromatic N) is 3. The molecule has 0 bridgehead atoms. The van der Waals surface area contributed by atoms with Crippen LogP contribution in [0.5, 0.6) is 0 Å². The molecule has 0 radical (unpaired) electrons. The van der Waals surface area contributed by atoms with E-state index < -0.39 is 35.2 Å². The molecule has 11 heteroatoms. The van der Waals surface area contributed by atoms with Crippen LogP contribution in [-0.2, 0) is 10.9 Å². The maximum absolute atomic E-state index is 14.9. The summed E-state index contributed by atoms with van der Waals surface area (Å²) in [5, 5.41) is 2.58. The second kappa shape index (κ2) is 8.11. The van der Waals surface area contributed by atoms with Crippen molar-refractivity contribution in [1.29, 1.82) is 0 Å². The van der Waals surface area contributed by atoms with Crippen LogP contribution in [0.2, 0.25) is 0 Å². The zero-order valence-corrected chi connectivity index (χ0v) is 16.7. The third-order valence-electron chi connectivity index (χ3n) is 4.77. The highest BCUT2D eigenvalue weighted by molar-refractivity contribution is 5.90. The molecule has 164 valence electrons. The summed E-state index contributed by atoms with van der Waals surface area (Å²) in [7, 11) is 0. The van der Waals surface area contributed by atoms with Gasteiger partial charge in [-0.05, 0) is 26.0 Å². The first kappa shape index (κ1) is 21.8. The first-order valence-corrected chi connectivity index (χ1v) is 9.25. The third kappa shape index (κ3) is 4.34. The minimum atomic E-state index is -4.76. The molecule has 3 rings (SSSR count). The summed E-state index contributed by atoms with van der Waals surface area (Å²) in [6.07, 6.45) is -4.76. The molecule has 1 unspecified atom stereocenters. The SMILES string of the molecule is Cc1nc(C(C)Nc2cccc(N(F)C3=N[C@H](C)[C@@H](C)CO3)c2F)c(C(F)(F)F)o1. The lowest BCUT2D eigenvalue weighted by atomic mass is 10.1. The lowest BCUT2D eigenvalue weighted by Crippen LogP contribution is -2.35. The van der Waals surface area contributed by atoms with Gasteiger partial charge < -0.3 is 14.5 Å². The van der Waals surface area contributed by atoms with Crippen molar-refractivity contribution in [3.05, 3.63) is 41.4 Å². The normalized spacial score (nSPS) is 20.4. The van der Waals surface area contributed by atoms with Crippen molar-refractivity contribution in [2.45, 2.75) is 46.0 Å². The molecule has 0 amide bonds. The fraction of sp³-hybridized carbons (Fsp3) is 0.474. The second-order valence-electron chi connectivity index (χ2n) is 7.17. The van der Waals surface area contributed by atoms with Gasteiger partial charge in [-0.3, -0.25) is 0 Å². The number of ether oxygens (including phenoxy) is 1. The largest absolute Gasteiger partial charge is 0.463 e. The Hall–Kier alpha value is -2.85. The van der Waals surface area contributed by atoms with Crippen molar-refractivity contribution in [2.75, 3.05) is 17.0 Å². The van der Waals surface area contributed by atoms with Crippen LogP contribution < -0.4 is 10.4 Å². The van der Waals surface area contributed by atoms with Crippen LogP contribution in [0, 0.1) is 18.7 Å². The van der Waals surface area contributed by atoms with Crippen LogP contribution >= 0.6 is 0 Å². The van der Waals surface area contributed by atoms with Gasteiger partial charge >= 0.3 is 12.2 Å². The number of alkyl halides is 3. The maximum atomic E-state index is 14.9. The van der Waals surface area contributed by atoms with Gasteiger partial charge in [-0.2, -0.15) is 13.2 Å². The molecule has 0 spiro atoms. The highest BCUT2D eigenvalue weighted by atomic mass is 19.4. The number of amidine groups is 1. The van der Waals surface area contributed by atoms with Gasteiger partial charge in [-0.15, -0.1) is 5.12 Å². The van der Waals surface area contributed by atoms with E-state index in [2.05, 4.69) is 19.7 Å². The lowest BCUT2D eigenvalue weighted by molar-refractivity contribution is -0.154. The van der Waals surface area contributed by atoms with Gasteiger partial charge in [-0.1, -0.05) is 17.5 Å². The Balaban J connectivity index is 1.87. The van der Waals surface area contributed by atoms with Gasteiger partial charge in [0.2, 0.25) is 5.76 Å². The van der Waals surface area contributed by atoms with Crippen LogP contribution in [0.3, 0.4) is 0 Å². The Morgan fingerprint density at radius 2 is 1.97 bits per heavy atom. The molecule has 30 heavy (non-hydrogen) atoms. The number of rotatable bonds is 4. The topological polar surface area (TPSA) is 62.9 Å². The number of aromatic nitrogens is 1. The quantitative estimate of drug-likeness (QED) is 0.517. The summed E-state index contributed by atoms with van der Waals surface area (Å²) < 4.78 is 79.1. The smallest absolute Gasteiger partial charge is 0.451 e. The Morgan fingerprint density at radius 1 is 1.27 bits per heavy atom. The summed E-state index contributed by atoms with van der Waals surface area (Å²) in [6.45, 7) is 6.54. The van der Waals surface area contributed by atoms with E-state index in [1.165, 1.54) is 32.0 Å². The Bertz CT molecular complexity index is 943. The summed E-state index contributed by atoms with van der Waals surface area (Å²) in [6, 6.07) is 2.14. The van der Waals surface area contributed by atoms with Crippen LogP contribution in [0.25, 0.3) is 0 Å². The van der Waals surface area contributed by atoms with E-state index in [0.717, 1.165) is 0 Å². The van der Waals surface area contributed by atoms with Crippen LogP contribution in [0.1, 0.15) is 44.2 Å². The van der Waals surface area contributed by atoms with Gasteiger partial charge in [-0.25, -0.2) is 14.4 Å². The van der Waals surface area contributed by atoms with E-state index in [0.29, 0.717) is 0 Å². The average Bonchev–Trinajstić information content (AvgIpc) is 3.07. The molecule has 2 heterocycles. The van der Waals surface area contributed by atoms with Gasteiger partial charge in [0, 0.05) is 12.8 Å². The molecule has 1 N–H and O–H groups in total. The van der Waals surface area contributed by atoms with Crippen molar-refractivity contribution >= 4 is 17.4 Å². The molecule has 0 saturated carbocycles. The summed E-state index contributed by atoms with van der Waals surface area (Å²) in [5.74, 6) is -2.38. The molecule has 1 aromatic heterocycles. The first-order chi connectivity index (χ1) is 14.0. The van der Waals surface area contributed by atoms with E-state index in [4.69, 9.17) is 4.74 Å². The van der Waals surface area contributed by atoms with Crippen LogP contribution in [-0.4, -0.2) is 23.7 Å². The highest BCUT2D eigenvalue weighted by Crippen LogP contribution is 2.37.